The van der Waals surface area contributed by atoms with E-state index in [1.165, 1.54) is 17.8 Å². The molecular weight excluding hydrogens is 351 g/mol. The number of esters is 1. The second-order valence-electron chi connectivity index (χ2n) is 5.15. The smallest absolute Gasteiger partial charge is 0.361 e. The number of carbonyl (C=O) groups is 1. The number of aryl methyl sites for hydroxylation is 1. The molecular formula is C12H14N5O3Y-. The Labute approximate surface area is 145 Å². The van der Waals surface area contributed by atoms with Crippen LogP contribution in [0.25, 0.3) is 5.65 Å². The molecule has 0 amide bonds. The number of ether oxygens (including phenoxy) is 1. The first-order chi connectivity index (χ1) is 9.50. The van der Waals surface area contributed by atoms with Crippen LogP contribution in [-0.4, -0.2) is 35.9 Å². The summed E-state index contributed by atoms with van der Waals surface area (Å²) in [5.41, 5.74) is -0.783. The Morgan fingerprint density at radius 1 is 1.52 bits per heavy atom. The van der Waals surface area contributed by atoms with Crippen LogP contribution in [-0.2, 0) is 44.5 Å². The fourth-order valence-electron chi connectivity index (χ4n) is 2.31. The van der Waals surface area contributed by atoms with Crippen LogP contribution in [0, 0.1) is 6.42 Å². The first kappa shape index (κ1) is 16.2. The van der Waals surface area contributed by atoms with Gasteiger partial charge in [-0.25, -0.2) is 19.0 Å². The molecule has 1 aliphatic carbocycles. The molecule has 0 aromatic carbocycles. The van der Waals surface area contributed by atoms with Crippen LogP contribution < -0.4 is 5.69 Å². The first-order valence-corrected chi connectivity index (χ1v) is 6.32. The molecule has 0 saturated heterocycles. The van der Waals surface area contributed by atoms with Crippen molar-refractivity contribution in [1.82, 2.24) is 24.4 Å². The Hall–Kier alpha value is -1.15. The van der Waals surface area contributed by atoms with Crippen molar-refractivity contribution in [3.8, 4) is 0 Å². The molecule has 9 heteroatoms. The average Bonchev–Trinajstić information content (AvgIpc) is 3.00. The predicted octanol–water partition coefficient (Wildman–Crippen LogP) is 0.124. The van der Waals surface area contributed by atoms with Crippen LogP contribution in [0.15, 0.2) is 11.1 Å². The van der Waals surface area contributed by atoms with Gasteiger partial charge in [-0.15, -0.1) is 11.5 Å². The molecule has 3 rings (SSSR count). The molecule has 8 nitrogen and oxygen atoms in total. The molecule has 109 valence electrons. The van der Waals surface area contributed by atoms with E-state index in [4.69, 9.17) is 4.74 Å². The summed E-state index contributed by atoms with van der Waals surface area (Å²) in [6, 6.07) is 0. The summed E-state index contributed by atoms with van der Waals surface area (Å²) in [6.45, 7) is 1.89. The third-order valence-corrected chi connectivity index (χ3v) is 3.48. The zero-order chi connectivity index (χ0) is 14.3. The first-order valence-electron chi connectivity index (χ1n) is 6.32. The van der Waals surface area contributed by atoms with Gasteiger partial charge in [0.25, 0.3) is 0 Å². The Morgan fingerprint density at radius 2 is 2.29 bits per heavy atom. The Balaban J connectivity index is 0.00000161. The minimum Gasteiger partial charge on any atom is -0.457 e. The number of fused-ring (bicyclic) bond motifs is 1. The summed E-state index contributed by atoms with van der Waals surface area (Å²) >= 11 is 0. The molecule has 0 N–H and O–H groups in total. The van der Waals surface area contributed by atoms with Gasteiger partial charge in [0.2, 0.25) is 0 Å². The van der Waals surface area contributed by atoms with Crippen LogP contribution in [0.3, 0.4) is 0 Å². The second kappa shape index (κ2) is 5.92. The standard InChI is InChI=1S/C12H14N5O3.Y/c1-12(5-3-4-6-12)20-10(18)8-9-14-15-16(2)11(19)17(9)7-13-8;/h3,7H,4-6H2,1-2H3;/q-1;. The Morgan fingerprint density at radius 3 is 2.95 bits per heavy atom. The van der Waals surface area contributed by atoms with Crippen molar-refractivity contribution in [2.45, 2.75) is 31.8 Å². The largest absolute Gasteiger partial charge is 0.457 e. The molecule has 0 spiro atoms. The van der Waals surface area contributed by atoms with Crippen molar-refractivity contribution in [3.05, 3.63) is 28.9 Å². The van der Waals surface area contributed by atoms with Gasteiger partial charge in [0.05, 0.1) is 5.60 Å². The van der Waals surface area contributed by atoms with Gasteiger partial charge in [0, 0.05) is 39.8 Å². The summed E-state index contributed by atoms with van der Waals surface area (Å²) in [7, 11) is 1.47. The SMILES string of the molecule is Cn1nnc2c(C(=O)OC3(C)C[CH-]CC3)ncn2c1=O.[Y]. The Bertz CT molecular complexity index is 732. The van der Waals surface area contributed by atoms with Crippen molar-refractivity contribution >= 4 is 11.6 Å². The van der Waals surface area contributed by atoms with E-state index >= 15 is 0 Å². The van der Waals surface area contributed by atoms with Crippen molar-refractivity contribution in [3.63, 3.8) is 0 Å². The van der Waals surface area contributed by atoms with Gasteiger partial charge < -0.3 is 11.2 Å². The summed E-state index contributed by atoms with van der Waals surface area (Å²) in [5.74, 6) is -0.576. The number of hydrogen-bond acceptors (Lipinski definition) is 6. The van der Waals surface area contributed by atoms with Crippen LogP contribution in [0.2, 0.25) is 0 Å². The van der Waals surface area contributed by atoms with E-state index in [2.05, 4.69) is 21.7 Å². The van der Waals surface area contributed by atoms with Crippen molar-refractivity contribution in [2.75, 3.05) is 0 Å². The molecule has 0 bridgehead atoms. The van der Waals surface area contributed by atoms with Crippen LogP contribution in [0.1, 0.15) is 36.7 Å². The molecule has 1 radical (unpaired) electrons. The molecule has 0 aliphatic heterocycles. The molecule has 1 saturated carbocycles. The van der Waals surface area contributed by atoms with E-state index in [1.807, 2.05) is 6.92 Å². The van der Waals surface area contributed by atoms with Gasteiger partial charge >= 0.3 is 11.7 Å². The molecule has 1 atom stereocenters. The van der Waals surface area contributed by atoms with Crippen molar-refractivity contribution in [1.29, 1.82) is 0 Å². The maximum atomic E-state index is 12.2. The van der Waals surface area contributed by atoms with Crippen LogP contribution >= 0.6 is 0 Å². The molecule has 2 aromatic rings. The quantitative estimate of drug-likeness (QED) is 0.555. The topological polar surface area (TPSA) is 91.4 Å². The number of imidazole rings is 1. The predicted molar refractivity (Wildman–Crippen MR) is 68.0 cm³/mol. The van der Waals surface area contributed by atoms with Crippen LogP contribution in [0.5, 0.6) is 0 Å². The maximum Gasteiger partial charge on any atom is 0.361 e. The monoisotopic (exact) mass is 365 g/mol. The summed E-state index contributed by atoms with van der Waals surface area (Å²) in [5, 5.41) is 7.48. The van der Waals surface area contributed by atoms with E-state index in [1.54, 1.807) is 0 Å². The maximum absolute atomic E-state index is 12.2. The van der Waals surface area contributed by atoms with E-state index in [-0.39, 0.29) is 44.1 Å². The zero-order valence-corrected chi connectivity index (χ0v) is 14.7. The number of aromatic nitrogens is 5. The normalized spacial score (nSPS) is 21.2. The number of hydrogen-bond donors (Lipinski definition) is 0. The zero-order valence-electron chi connectivity index (χ0n) is 11.8. The van der Waals surface area contributed by atoms with Gasteiger partial charge in [-0.1, -0.05) is 5.21 Å². The molecule has 1 aliphatic rings. The van der Waals surface area contributed by atoms with Gasteiger partial charge in [0.1, 0.15) is 6.33 Å². The van der Waals surface area contributed by atoms with E-state index < -0.39 is 17.3 Å². The minimum absolute atomic E-state index is 0. The molecule has 21 heavy (non-hydrogen) atoms. The molecule has 2 aromatic heterocycles. The number of rotatable bonds is 2. The van der Waals surface area contributed by atoms with Crippen molar-refractivity contribution < 1.29 is 42.2 Å². The number of nitrogens with zero attached hydrogens (tertiary/aromatic N) is 5. The molecule has 1 unspecified atom stereocenters. The summed E-state index contributed by atoms with van der Waals surface area (Å²) < 4.78 is 7.74. The van der Waals surface area contributed by atoms with Gasteiger partial charge in [0.15, 0.2) is 11.3 Å². The van der Waals surface area contributed by atoms with Gasteiger partial charge in [-0.05, 0) is 13.3 Å². The number of carbonyl (C=O) groups excluding carboxylic acids is 1. The van der Waals surface area contributed by atoms with Gasteiger partial charge in [-0.3, -0.25) is 0 Å². The summed E-state index contributed by atoms with van der Waals surface area (Å²) in [4.78, 5) is 27.9. The third-order valence-electron chi connectivity index (χ3n) is 3.48. The van der Waals surface area contributed by atoms with E-state index in [9.17, 15) is 9.59 Å². The van der Waals surface area contributed by atoms with E-state index in [0.717, 1.165) is 23.9 Å². The second-order valence-corrected chi connectivity index (χ2v) is 5.15. The third kappa shape index (κ3) is 2.92. The minimum atomic E-state index is -0.576. The fourth-order valence-corrected chi connectivity index (χ4v) is 2.31. The molecule has 1 fully saturated rings. The fraction of sp³-hybridized carbons (Fsp3) is 0.500. The van der Waals surface area contributed by atoms with Crippen molar-refractivity contribution in [2.24, 2.45) is 7.05 Å². The Kier molecular flexibility index (Phi) is 4.58. The van der Waals surface area contributed by atoms with E-state index in [0.29, 0.717) is 0 Å². The molecule has 2 heterocycles. The van der Waals surface area contributed by atoms with Gasteiger partial charge in [-0.2, -0.15) is 11.1 Å². The summed E-state index contributed by atoms with van der Waals surface area (Å²) in [6.07, 6.45) is 5.78. The average molecular weight is 365 g/mol. The van der Waals surface area contributed by atoms with Crippen LogP contribution in [0.4, 0.5) is 0 Å².